The Labute approximate surface area is 104 Å². The summed E-state index contributed by atoms with van der Waals surface area (Å²) in [5.41, 5.74) is 1.22. The summed E-state index contributed by atoms with van der Waals surface area (Å²) in [5, 5.41) is 0.165. The van der Waals surface area contributed by atoms with Gasteiger partial charge >= 0.3 is 5.97 Å². The molecule has 0 radical (unpaired) electrons. The largest absolute Gasteiger partial charge is 0.468 e. The molecule has 1 aliphatic rings. The van der Waals surface area contributed by atoms with Crippen molar-refractivity contribution in [2.75, 3.05) is 18.6 Å². The normalized spacial score (nSPS) is 25.1. The van der Waals surface area contributed by atoms with Gasteiger partial charge in [0.15, 0.2) is 0 Å². The van der Waals surface area contributed by atoms with Crippen LogP contribution in [-0.4, -0.2) is 29.8 Å². The van der Waals surface area contributed by atoms with Crippen LogP contribution in [0, 0.1) is 0 Å². The van der Waals surface area contributed by atoms with Gasteiger partial charge in [0.05, 0.1) is 12.4 Å². The van der Waals surface area contributed by atoms with Crippen molar-refractivity contribution in [1.82, 2.24) is 0 Å². The van der Waals surface area contributed by atoms with Crippen molar-refractivity contribution < 1.29 is 9.53 Å². The number of methoxy groups -OCH3 is 1. The van der Waals surface area contributed by atoms with Gasteiger partial charge in [0.25, 0.3) is 0 Å². The molecule has 4 heteroatoms. The Bertz CT molecular complexity index is 353. The van der Waals surface area contributed by atoms with Crippen molar-refractivity contribution in [2.24, 2.45) is 0 Å². The highest BCUT2D eigenvalue weighted by atomic mass is 32.2. The average molecular weight is 254 g/mol. The first-order valence-electron chi connectivity index (χ1n) is 5.19. The minimum absolute atomic E-state index is 0.0638. The standard InChI is InChI=1S/C12H14O2S2/c1-14-12(13)11-10(15-7-8-16-11)9-5-3-2-4-6-9/h2-6,10-11H,7-8H2,1H3/t10-,11-/m0/s1. The van der Waals surface area contributed by atoms with Gasteiger partial charge < -0.3 is 4.74 Å². The third-order valence-electron chi connectivity index (χ3n) is 2.51. The molecule has 0 unspecified atom stereocenters. The molecular weight excluding hydrogens is 240 g/mol. The van der Waals surface area contributed by atoms with Gasteiger partial charge in [0.2, 0.25) is 0 Å². The minimum Gasteiger partial charge on any atom is -0.468 e. The average Bonchev–Trinajstić information content (AvgIpc) is 2.39. The summed E-state index contributed by atoms with van der Waals surface area (Å²) >= 11 is 3.55. The third-order valence-corrected chi connectivity index (χ3v) is 5.55. The van der Waals surface area contributed by atoms with Crippen LogP contribution < -0.4 is 0 Å². The summed E-state index contributed by atoms with van der Waals surface area (Å²) in [4.78, 5) is 11.7. The molecule has 86 valence electrons. The van der Waals surface area contributed by atoms with E-state index in [1.54, 1.807) is 11.8 Å². The van der Waals surface area contributed by atoms with Gasteiger partial charge in [-0.15, -0.1) is 11.8 Å². The Morgan fingerprint density at radius 3 is 2.62 bits per heavy atom. The fourth-order valence-corrected chi connectivity index (χ4v) is 4.70. The molecule has 2 nitrogen and oxygen atoms in total. The lowest BCUT2D eigenvalue weighted by molar-refractivity contribution is -0.140. The Hall–Kier alpha value is -0.610. The van der Waals surface area contributed by atoms with E-state index in [2.05, 4.69) is 12.1 Å². The molecule has 1 heterocycles. The lowest BCUT2D eigenvalue weighted by Crippen LogP contribution is -2.28. The van der Waals surface area contributed by atoms with Crippen molar-refractivity contribution in [1.29, 1.82) is 0 Å². The number of carbonyl (C=O) groups is 1. The predicted octanol–water partition coefficient (Wildman–Crippen LogP) is 2.75. The molecule has 1 fully saturated rings. The van der Waals surface area contributed by atoms with E-state index in [9.17, 15) is 4.79 Å². The second-order valence-corrected chi connectivity index (χ2v) is 6.02. The van der Waals surface area contributed by atoms with Crippen molar-refractivity contribution in [3.8, 4) is 0 Å². The summed E-state index contributed by atoms with van der Waals surface area (Å²) in [6.07, 6.45) is 0. The van der Waals surface area contributed by atoms with Crippen LogP contribution in [0.3, 0.4) is 0 Å². The number of benzene rings is 1. The van der Waals surface area contributed by atoms with Crippen molar-refractivity contribution in [3.05, 3.63) is 35.9 Å². The molecule has 0 amide bonds. The SMILES string of the molecule is COC(=O)[C@H]1SCCS[C@H]1c1ccccc1. The van der Waals surface area contributed by atoms with Gasteiger partial charge in [-0.1, -0.05) is 30.3 Å². The first-order valence-corrected chi connectivity index (χ1v) is 7.28. The summed E-state index contributed by atoms with van der Waals surface area (Å²) in [6.45, 7) is 0. The molecule has 0 aliphatic carbocycles. The molecule has 0 bridgehead atoms. The number of hydrogen-bond acceptors (Lipinski definition) is 4. The van der Waals surface area contributed by atoms with Crippen LogP contribution in [0.15, 0.2) is 30.3 Å². The van der Waals surface area contributed by atoms with E-state index in [1.165, 1.54) is 12.7 Å². The van der Waals surface area contributed by atoms with E-state index in [1.807, 2.05) is 30.0 Å². The second kappa shape index (κ2) is 5.64. The maximum absolute atomic E-state index is 11.7. The molecule has 0 aromatic heterocycles. The summed E-state index contributed by atoms with van der Waals surface area (Å²) in [7, 11) is 1.46. The van der Waals surface area contributed by atoms with E-state index in [-0.39, 0.29) is 16.5 Å². The van der Waals surface area contributed by atoms with Crippen LogP contribution >= 0.6 is 23.5 Å². The Balaban J connectivity index is 2.20. The molecule has 0 saturated carbocycles. The predicted molar refractivity (Wildman–Crippen MR) is 69.9 cm³/mol. The number of ether oxygens (including phenoxy) is 1. The summed E-state index contributed by atoms with van der Waals surface area (Å²) in [5.74, 6) is 2.01. The number of thioether (sulfide) groups is 2. The molecule has 16 heavy (non-hydrogen) atoms. The zero-order valence-electron chi connectivity index (χ0n) is 9.09. The Morgan fingerprint density at radius 1 is 1.25 bits per heavy atom. The van der Waals surface area contributed by atoms with Gasteiger partial charge in [-0.3, -0.25) is 4.79 Å². The van der Waals surface area contributed by atoms with Crippen molar-refractivity contribution >= 4 is 29.5 Å². The second-order valence-electron chi connectivity index (χ2n) is 3.52. The van der Waals surface area contributed by atoms with Gasteiger partial charge in [-0.25, -0.2) is 0 Å². The number of rotatable bonds is 2. The Morgan fingerprint density at radius 2 is 1.94 bits per heavy atom. The molecular formula is C12H14O2S2. The van der Waals surface area contributed by atoms with E-state index in [0.29, 0.717) is 0 Å². The van der Waals surface area contributed by atoms with Gasteiger partial charge in [-0.2, -0.15) is 11.8 Å². The molecule has 2 atom stereocenters. The van der Waals surface area contributed by atoms with Crippen LogP contribution in [0.25, 0.3) is 0 Å². The van der Waals surface area contributed by atoms with Gasteiger partial charge in [0.1, 0.15) is 5.25 Å². The molecule has 2 rings (SSSR count). The van der Waals surface area contributed by atoms with Gasteiger partial charge in [-0.05, 0) is 5.56 Å². The molecule has 1 aliphatic heterocycles. The smallest absolute Gasteiger partial charge is 0.320 e. The molecule has 0 spiro atoms. The van der Waals surface area contributed by atoms with Crippen LogP contribution in [0.2, 0.25) is 0 Å². The van der Waals surface area contributed by atoms with Crippen LogP contribution in [0.5, 0.6) is 0 Å². The maximum atomic E-state index is 11.7. The fraction of sp³-hybridized carbons (Fsp3) is 0.417. The van der Waals surface area contributed by atoms with E-state index >= 15 is 0 Å². The van der Waals surface area contributed by atoms with Crippen LogP contribution in [0.4, 0.5) is 0 Å². The number of hydrogen-bond donors (Lipinski definition) is 0. The van der Waals surface area contributed by atoms with Crippen LogP contribution in [-0.2, 0) is 9.53 Å². The lowest BCUT2D eigenvalue weighted by atomic mass is 10.1. The van der Waals surface area contributed by atoms with E-state index in [4.69, 9.17) is 4.74 Å². The number of carbonyl (C=O) groups excluding carboxylic acids is 1. The van der Waals surface area contributed by atoms with Crippen molar-refractivity contribution in [3.63, 3.8) is 0 Å². The van der Waals surface area contributed by atoms with Crippen LogP contribution in [0.1, 0.15) is 10.8 Å². The highest BCUT2D eigenvalue weighted by molar-refractivity contribution is 8.07. The minimum atomic E-state index is -0.106. The molecule has 0 N–H and O–H groups in total. The highest BCUT2D eigenvalue weighted by Gasteiger charge is 2.33. The molecule has 1 saturated heterocycles. The van der Waals surface area contributed by atoms with E-state index < -0.39 is 0 Å². The topological polar surface area (TPSA) is 26.3 Å². The zero-order chi connectivity index (χ0) is 11.4. The zero-order valence-corrected chi connectivity index (χ0v) is 10.7. The maximum Gasteiger partial charge on any atom is 0.320 e. The quantitative estimate of drug-likeness (QED) is 0.758. The monoisotopic (exact) mass is 254 g/mol. The highest BCUT2D eigenvalue weighted by Crippen LogP contribution is 2.42. The molecule has 1 aromatic carbocycles. The van der Waals surface area contributed by atoms with Gasteiger partial charge in [0, 0.05) is 11.5 Å². The first kappa shape index (κ1) is 11.9. The fourth-order valence-electron chi connectivity index (χ4n) is 1.75. The van der Waals surface area contributed by atoms with Crippen molar-refractivity contribution in [2.45, 2.75) is 10.5 Å². The molecule has 1 aromatic rings. The number of esters is 1. The van der Waals surface area contributed by atoms with E-state index in [0.717, 1.165) is 11.5 Å². The third kappa shape index (κ3) is 2.55. The summed E-state index contributed by atoms with van der Waals surface area (Å²) < 4.78 is 4.87. The summed E-state index contributed by atoms with van der Waals surface area (Å²) in [6, 6.07) is 10.2. The lowest BCUT2D eigenvalue weighted by Gasteiger charge is -2.28. The Kier molecular flexibility index (Phi) is 4.18. The first-order chi connectivity index (χ1) is 7.83.